The number of anilines is 1. The lowest BCUT2D eigenvalue weighted by Crippen LogP contribution is -2.55. The normalized spacial score (nSPS) is 13.5. The Bertz CT molecular complexity index is 854. The Morgan fingerprint density at radius 1 is 1.48 bits per heavy atom. The summed E-state index contributed by atoms with van der Waals surface area (Å²) in [5.41, 5.74) is 1.74. The molecule has 2 N–H and O–H groups in total. The molecular formula is C13H11ClN5O2S2+. The van der Waals surface area contributed by atoms with Crippen molar-refractivity contribution >= 4 is 50.9 Å². The van der Waals surface area contributed by atoms with Crippen LogP contribution in [0.2, 0.25) is 5.02 Å². The summed E-state index contributed by atoms with van der Waals surface area (Å²) >= 11 is 8.92. The average Bonchev–Trinajstić information content (AvgIpc) is 2.54. The fourth-order valence-electron chi connectivity index (χ4n) is 1.92. The number of aromatic nitrogens is 2. The largest absolute Gasteiger partial charge is 0.280 e. The number of nitrogens with one attached hydrogen (secondary N) is 2. The van der Waals surface area contributed by atoms with Gasteiger partial charge in [0.2, 0.25) is 0 Å². The number of hydrazone groups is 1. The molecule has 0 saturated carbocycles. The monoisotopic (exact) mass is 368 g/mol. The predicted molar refractivity (Wildman–Crippen MR) is 93.3 cm³/mol. The third-order valence-corrected chi connectivity index (χ3v) is 5.68. The van der Waals surface area contributed by atoms with Gasteiger partial charge in [0.25, 0.3) is 11.2 Å². The predicted octanol–water partition coefficient (Wildman–Crippen LogP) is 1.65. The Morgan fingerprint density at radius 2 is 2.30 bits per heavy atom. The molecular weight excluding hydrogens is 358 g/mol. The topological polar surface area (TPSA) is 92.4 Å². The highest BCUT2D eigenvalue weighted by atomic mass is 35.5. The van der Waals surface area contributed by atoms with Crippen LogP contribution in [0.5, 0.6) is 0 Å². The van der Waals surface area contributed by atoms with Gasteiger partial charge in [0.1, 0.15) is 4.90 Å². The summed E-state index contributed by atoms with van der Waals surface area (Å²) in [7, 11) is 1.77. The van der Waals surface area contributed by atoms with Gasteiger partial charge in [-0.2, -0.15) is 10.2 Å². The van der Waals surface area contributed by atoms with Crippen LogP contribution in [0, 0.1) is 4.91 Å². The van der Waals surface area contributed by atoms with Crippen LogP contribution in [-0.2, 0) is 5.75 Å². The lowest BCUT2D eigenvalue weighted by atomic mass is 10.2. The molecule has 0 atom stereocenters. The molecule has 0 unspecified atom stereocenters. The van der Waals surface area contributed by atoms with E-state index in [0.29, 0.717) is 27.0 Å². The van der Waals surface area contributed by atoms with Gasteiger partial charge in [-0.25, -0.2) is 5.10 Å². The number of aromatic amines is 1. The van der Waals surface area contributed by atoms with E-state index in [9.17, 15) is 9.70 Å². The minimum Gasteiger partial charge on any atom is -0.267 e. The van der Waals surface area contributed by atoms with Gasteiger partial charge in [-0.3, -0.25) is 9.80 Å². The quantitative estimate of drug-likeness (QED) is 0.855. The highest BCUT2D eigenvalue weighted by Gasteiger charge is 2.21. The number of hydrogen-bond acceptors (Lipinski definition) is 7. The minimum atomic E-state index is -0.240. The Labute approximate surface area is 144 Å². The van der Waals surface area contributed by atoms with Gasteiger partial charge >= 0.3 is 0 Å². The van der Waals surface area contributed by atoms with Crippen molar-refractivity contribution in [1.29, 1.82) is 0 Å². The van der Waals surface area contributed by atoms with E-state index in [1.54, 1.807) is 41.6 Å². The maximum atomic E-state index is 11.9. The molecule has 0 radical (unpaired) electrons. The van der Waals surface area contributed by atoms with E-state index in [0.717, 1.165) is 9.94 Å². The molecule has 118 valence electrons. The zero-order chi connectivity index (χ0) is 16.4. The molecule has 0 spiro atoms. The van der Waals surface area contributed by atoms with Crippen molar-refractivity contribution in [1.82, 2.24) is 10.2 Å². The van der Waals surface area contributed by atoms with Crippen molar-refractivity contribution in [2.75, 3.05) is 12.1 Å². The molecule has 0 bridgehead atoms. The van der Waals surface area contributed by atoms with E-state index in [-0.39, 0.29) is 5.56 Å². The smallest absolute Gasteiger partial charge is 0.267 e. The van der Waals surface area contributed by atoms with Gasteiger partial charge in [0.05, 0.1) is 16.9 Å². The molecule has 1 aromatic heterocycles. The average molecular weight is 369 g/mol. The van der Waals surface area contributed by atoms with Crippen LogP contribution in [0.3, 0.4) is 0 Å². The lowest BCUT2D eigenvalue weighted by Gasteiger charge is -2.21. The molecule has 23 heavy (non-hydrogen) atoms. The number of halogens is 1. The third kappa shape index (κ3) is 3.41. The van der Waals surface area contributed by atoms with E-state index < -0.39 is 0 Å². The fourth-order valence-corrected chi connectivity index (χ4v) is 4.38. The lowest BCUT2D eigenvalue weighted by molar-refractivity contribution is -0.379. The minimum absolute atomic E-state index is 0.240. The van der Waals surface area contributed by atoms with Gasteiger partial charge in [0, 0.05) is 35.0 Å². The number of benzene rings is 1. The first-order chi connectivity index (χ1) is 11.1. The van der Waals surface area contributed by atoms with Crippen LogP contribution in [-0.4, -0.2) is 21.6 Å². The van der Waals surface area contributed by atoms with Crippen molar-refractivity contribution in [2.24, 2.45) is 5.10 Å². The maximum absolute atomic E-state index is 11.9. The summed E-state index contributed by atoms with van der Waals surface area (Å²) in [6.45, 7) is 0. The van der Waals surface area contributed by atoms with Crippen LogP contribution in [0.15, 0.2) is 39.2 Å². The zero-order valence-electron chi connectivity index (χ0n) is 11.9. The van der Waals surface area contributed by atoms with Crippen molar-refractivity contribution in [3.63, 3.8) is 0 Å². The van der Waals surface area contributed by atoms with Crippen molar-refractivity contribution < 1.29 is 5.18 Å². The van der Waals surface area contributed by atoms with Gasteiger partial charge in [-0.05, 0) is 11.6 Å². The van der Waals surface area contributed by atoms with Crippen molar-refractivity contribution in [2.45, 2.75) is 10.6 Å². The molecule has 1 aliphatic heterocycles. The first kappa shape index (κ1) is 16.0. The summed E-state index contributed by atoms with van der Waals surface area (Å²) in [4.78, 5) is 23.0. The number of hydrogen-bond donors (Lipinski definition) is 2. The molecule has 1 aliphatic rings. The van der Waals surface area contributed by atoms with Crippen molar-refractivity contribution in [3.05, 3.63) is 50.2 Å². The van der Waals surface area contributed by atoms with Gasteiger partial charge in [0.15, 0.2) is 4.38 Å². The highest BCUT2D eigenvalue weighted by molar-refractivity contribution is 8.38. The standard InChI is InChI=1S/C13H10ClN5O2S2/c1-19-10-5-15-16-12(20)11(10)23-13(17-19)22-6-7-2-3-8(18-21)4-9(7)14/h2-5H,6H2,1H3,(H,16,20)/p+1. The number of fused-ring (bicyclic) bond motifs is 1. The van der Waals surface area contributed by atoms with Crippen LogP contribution in [0.1, 0.15) is 5.56 Å². The molecule has 0 saturated heterocycles. The number of nitrogens with zero attached hydrogens (tertiary/aromatic N) is 3. The second kappa shape index (κ2) is 6.73. The Balaban J connectivity index is 1.76. The van der Waals surface area contributed by atoms with E-state index in [1.807, 2.05) is 0 Å². The fraction of sp³-hybridized carbons (Fsp3) is 0.154. The summed E-state index contributed by atoms with van der Waals surface area (Å²) < 4.78 is 0.735. The second-order valence-corrected chi connectivity index (χ2v) is 7.23. The van der Waals surface area contributed by atoms with Gasteiger partial charge < -0.3 is 0 Å². The summed E-state index contributed by atoms with van der Waals surface area (Å²) in [5, 5.41) is 14.6. The van der Waals surface area contributed by atoms with Crippen LogP contribution >= 0.6 is 35.1 Å². The third-order valence-electron chi connectivity index (χ3n) is 3.08. The van der Waals surface area contributed by atoms with Gasteiger partial charge in [-0.15, -0.1) is 0 Å². The van der Waals surface area contributed by atoms with Gasteiger partial charge in [-0.1, -0.05) is 35.1 Å². The number of nitroso groups, excluding NO2 is 1. The Morgan fingerprint density at radius 3 is 3.04 bits per heavy atom. The first-order valence-electron chi connectivity index (χ1n) is 6.45. The van der Waals surface area contributed by atoms with E-state index in [1.165, 1.54) is 23.5 Å². The van der Waals surface area contributed by atoms with Crippen LogP contribution in [0.25, 0.3) is 0 Å². The van der Waals surface area contributed by atoms with E-state index in [4.69, 9.17) is 11.6 Å². The van der Waals surface area contributed by atoms with E-state index in [2.05, 4.69) is 15.3 Å². The Kier molecular flexibility index (Phi) is 4.69. The van der Waals surface area contributed by atoms with Crippen molar-refractivity contribution in [3.8, 4) is 0 Å². The molecule has 1 aromatic carbocycles. The second-order valence-electron chi connectivity index (χ2n) is 4.60. The molecule has 0 fully saturated rings. The molecule has 10 heteroatoms. The molecule has 3 rings (SSSR count). The molecule has 2 aromatic rings. The molecule has 0 aliphatic carbocycles. The molecule has 0 amide bonds. The highest BCUT2D eigenvalue weighted by Crippen LogP contribution is 2.36. The SMILES string of the molecule is CN1N=C(SCc2ccc([NH+]=O)cc2Cl)Sc2c1cn[nH]c2=O. The molecule has 7 nitrogen and oxygen atoms in total. The molecule has 2 heterocycles. The van der Waals surface area contributed by atoms with Crippen LogP contribution < -0.4 is 15.7 Å². The zero-order valence-corrected chi connectivity index (χ0v) is 14.3. The summed E-state index contributed by atoms with van der Waals surface area (Å²) in [6, 6.07) is 5.04. The Hall–Kier alpha value is -1.84. The number of H-pyrrole nitrogens is 1. The van der Waals surface area contributed by atoms with Crippen LogP contribution in [0.4, 0.5) is 11.4 Å². The summed E-state index contributed by atoms with van der Waals surface area (Å²) in [6.07, 6.45) is 1.57. The number of rotatable bonds is 3. The summed E-state index contributed by atoms with van der Waals surface area (Å²) in [5.74, 6) is 0.579. The number of thioether (sulfide) groups is 2. The maximum Gasteiger partial charge on any atom is 0.280 e. The first-order valence-corrected chi connectivity index (χ1v) is 8.63. The van der Waals surface area contributed by atoms with E-state index >= 15 is 0 Å².